The van der Waals surface area contributed by atoms with Crippen LogP contribution in [0, 0.1) is 11.8 Å². The zero-order valence-corrected chi connectivity index (χ0v) is 26.4. The van der Waals surface area contributed by atoms with Crippen molar-refractivity contribution in [2.45, 2.75) is 62.6 Å². The molecule has 1 aromatic heterocycles. The Labute approximate surface area is 259 Å². The first-order valence-corrected chi connectivity index (χ1v) is 16.0. The number of alkyl halides is 4. The molecule has 14 heteroatoms. The molecule has 0 saturated carbocycles. The van der Waals surface area contributed by atoms with E-state index in [-0.39, 0.29) is 47.9 Å². The second-order valence-electron chi connectivity index (χ2n) is 11.7. The first-order valence-electron chi connectivity index (χ1n) is 14.1. The second-order valence-corrected chi connectivity index (χ2v) is 13.8. The molecule has 1 aliphatic heterocycles. The molecule has 9 nitrogen and oxygen atoms in total. The van der Waals surface area contributed by atoms with Gasteiger partial charge < -0.3 is 29.6 Å². The molecular formula is C31H36F4N4O5S. The summed E-state index contributed by atoms with van der Waals surface area (Å²) in [6.45, 7) is 4.00. The SMILES string of the molecule is COc1cc(S(C)(=O)=O)ccc1NCC#Cc1cc2c(N[C@H]3CCN(C(=O)OC(C)(C)C)C[C@@H]3F)cccc2n1CC(F)(F)F. The Morgan fingerprint density at radius 3 is 2.47 bits per heavy atom. The summed E-state index contributed by atoms with van der Waals surface area (Å²) in [6.07, 6.45) is -5.22. The first kappa shape index (κ1) is 33.8. The van der Waals surface area contributed by atoms with E-state index in [1.54, 1.807) is 39.0 Å². The maximum atomic E-state index is 15.2. The third kappa shape index (κ3) is 8.75. The molecule has 45 heavy (non-hydrogen) atoms. The summed E-state index contributed by atoms with van der Waals surface area (Å²) in [5, 5.41) is 6.57. The quantitative estimate of drug-likeness (QED) is 0.244. The fourth-order valence-corrected chi connectivity index (χ4v) is 5.58. The van der Waals surface area contributed by atoms with Crippen LogP contribution in [0.15, 0.2) is 47.4 Å². The van der Waals surface area contributed by atoms with Crippen LogP contribution in [0.25, 0.3) is 10.9 Å². The maximum absolute atomic E-state index is 15.2. The number of methoxy groups -OCH3 is 1. The van der Waals surface area contributed by atoms with Gasteiger partial charge in [-0.05, 0) is 63.4 Å². The van der Waals surface area contributed by atoms with Crippen molar-refractivity contribution in [1.82, 2.24) is 9.47 Å². The number of aromatic nitrogens is 1. The molecule has 0 bridgehead atoms. The molecule has 0 radical (unpaired) electrons. The predicted molar refractivity (Wildman–Crippen MR) is 164 cm³/mol. The molecule has 244 valence electrons. The van der Waals surface area contributed by atoms with Gasteiger partial charge in [0.2, 0.25) is 0 Å². The van der Waals surface area contributed by atoms with Crippen molar-refractivity contribution >= 4 is 38.2 Å². The van der Waals surface area contributed by atoms with E-state index < -0.39 is 46.5 Å². The molecule has 2 N–H and O–H groups in total. The van der Waals surface area contributed by atoms with Crippen LogP contribution in [0.1, 0.15) is 32.9 Å². The Hall–Kier alpha value is -4.12. The number of sulfone groups is 1. The number of halogens is 4. The standard InChI is InChI=1S/C31H36F4N4O5S/c1-30(2,3)44-29(40)38-15-13-25(23(32)18-38)37-24-9-6-10-27-22(24)16-20(39(27)19-31(33,34)35)8-7-14-36-26-12-11-21(45(5,41)42)17-28(26)43-4/h6,9-12,16-17,23,25,36-37H,13-15,18-19H2,1-5H3/t23-,25-/m0/s1. The van der Waals surface area contributed by atoms with E-state index in [2.05, 4.69) is 22.5 Å². The number of carbonyl (C=O) groups is 1. The van der Waals surface area contributed by atoms with Gasteiger partial charge in [-0.1, -0.05) is 12.0 Å². The number of likely N-dealkylation sites (tertiary alicyclic amines) is 1. The highest BCUT2D eigenvalue weighted by atomic mass is 32.2. The minimum atomic E-state index is -4.53. The van der Waals surface area contributed by atoms with E-state index in [1.165, 1.54) is 36.3 Å². The number of amides is 1. The fraction of sp³-hybridized carbons (Fsp3) is 0.452. The monoisotopic (exact) mass is 652 g/mol. The molecule has 1 amide bonds. The van der Waals surface area contributed by atoms with Gasteiger partial charge in [0.25, 0.3) is 0 Å². The van der Waals surface area contributed by atoms with Gasteiger partial charge in [-0.2, -0.15) is 13.2 Å². The number of fused-ring (bicyclic) bond motifs is 1. The van der Waals surface area contributed by atoms with Gasteiger partial charge in [-0.15, -0.1) is 0 Å². The Bertz CT molecular complexity index is 1720. The van der Waals surface area contributed by atoms with Crippen LogP contribution >= 0.6 is 0 Å². The highest BCUT2D eigenvalue weighted by molar-refractivity contribution is 7.90. The summed E-state index contributed by atoms with van der Waals surface area (Å²) < 4.78 is 91.4. The molecule has 0 spiro atoms. The molecule has 2 aromatic carbocycles. The smallest absolute Gasteiger partial charge is 0.410 e. The highest BCUT2D eigenvalue weighted by Crippen LogP contribution is 2.32. The normalized spacial score (nSPS) is 17.4. The number of benzene rings is 2. The van der Waals surface area contributed by atoms with E-state index >= 15 is 4.39 Å². The van der Waals surface area contributed by atoms with Gasteiger partial charge >= 0.3 is 12.3 Å². The number of hydrogen-bond donors (Lipinski definition) is 2. The number of nitrogens with zero attached hydrogens (tertiary/aromatic N) is 2. The van der Waals surface area contributed by atoms with Gasteiger partial charge in [0.05, 0.1) is 48.0 Å². The van der Waals surface area contributed by atoms with Gasteiger partial charge in [0.1, 0.15) is 24.1 Å². The summed E-state index contributed by atoms with van der Waals surface area (Å²) in [6, 6.07) is 9.94. The van der Waals surface area contributed by atoms with Crippen LogP contribution < -0.4 is 15.4 Å². The average molecular weight is 653 g/mol. The van der Waals surface area contributed by atoms with Crippen LogP contribution in [0.4, 0.5) is 33.7 Å². The van der Waals surface area contributed by atoms with Crippen LogP contribution in [-0.2, 0) is 21.1 Å². The van der Waals surface area contributed by atoms with Gasteiger partial charge in [-0.3, -0.25) is 0 Å². The summed E-state index contributed by atoms with van der Waals surface area (Å²) >= 11 is 0. The van der Waals surface area contributed by atoms with Crippen LogP contribution in [0.5, 0.6) is 5.75 Å². The molecule has 3 aromatic rings. The number of nitrogens with one attached hydrogen (secondary N) is 2. The zero-order chi connectivity index (χ0) is 33.2. The predicted octanol–water partition coefficient (Wildman–Crippen LogP) is 5.84. The van der Waals surface area contributed by atoms with E-state index in [1.807, 2.05) is 0 Å². The highest BCUT2D eigenvalue weighted by Gasteiger charge is 2.34. The Kier molecular flexibility index (Phi) is 9.82. The van der Waals surface area contributed by atoms with Crippen molar-refractivity contribution in [3.05, 3.63) is 48.2 Å². The van der Waals surface area contributed by atoms with Crippen LogP contribution in [-0.4, -0.2) is 81.0 Å². The Morgan fingerprint density at radius 2 is 1.84 bits per heavy atom. The third-order valence-corrected chi connectivity index (χ3v) is 8.11. The van der Waals surface area contributed by atoms with E-state index in [4.69, 9.17) is 9.47 Å². The second kappa shape index (κ2) is 13.1. The Morgan fingerprint density at radius 1 is 1.11 bits per heavy atom. The number of piperidine rings is 1. The number of ether oxygens (including phenoxy) is 2. The molecule has 0 unspecified atom stereocenters. The number of anilines is 2. The molecule has 1 aliphatic rings. The number of hydrogen-bond acceptors (Lipinski definition) is 7. The largest absolute Gasteiger partial charge is 0.495 e. The summed E-state index contributed by atoms with van der Waals surface area (Å²) in [5.74, 6) is 5.89. The third-order valence-electron chi connectivity index (χ3n) is 7.00. The molecule has 1 saturated heterocycles. The minimum Gasteiger partial charge on any atom is -0.495 e. The molecule has 1 fully saturated rings. The lowest BCUT2D eigenvalue weighted by Crippen LogP contribution is -2.51. The van der Waals surface area contributed by atoms with Crippen molar-refractivity contribution in [1.29, 1.82) is 0 Å². The molecule has 4 rings (SSSR count). The van der Waals surface area contributed by atoms with Gasteiger partial charge in [0.15, 0.2) is 9.84 Å². The first-order chi connectivity index (χ1) is 20.9. The summed E-state index contributed by atoms with van der Waals surface area (Å²) in [4.78, 5) is 13.8. The van der Waals surface area contributed by atoms with Crippen LogP contribution in [0.2, 0.25) is 0 Å². The van der Waals surface area contributed by atoms with Crippen molar-refractivity contribution in [2.75, 3.05) is 43.6 Å². The minimum absolute atomic E-state index is 0.0208. The molecular weight excluding hydrogens is 616 g/mol. The number of carbonyl (C=O) groups excluding carboxylic acids is 1. The van der Waals surface area contributed by atoms with Gasteiger partial charge in [-0.25, -0.2) is 17.6 Å². The zero-order valence-electron chi connectivity index (χ0n) is 25.6. The van der Waals surface area contributed by atoms with Crippen molar-refractivity contribution < 1.29 is 40.2 Å². The topological polar surface area (TPSA) is 102 Å². The lowest BCUT2D eigenvalue weighted by atomic mass is 10.0. The van der Waals surface area contributed by atoms with Crippen molar-refractivity contribution in [2.24, 2.45) is 0 Å². The van der Waals surface area contributed by atoms with E-state index in [0.717, 1.165) is 10.8 Å². The van der Waals surface area contributed by atoms with Crippen LogP contribution in [0.3, 0.4) is 0 Å². The van der Waals surface area contributed by atoms with Gasteiger partial charge in [0, 0.05) is 29.9 Å². The van der Waals surface area contributed by atoms with Crippen molar-refractivity contribution in [3.8, 4) is 17.6 Å². The fourth-order valence-electron chi connectivity index (χ4n) is 4.95. The average Bonchev–Trinajstić information content (AvgIpc) is 3.27. The van der Waals surface area contributed by atoms with E-state index in [9.17, 15) is 26.4 Å². The summed E-state index contributed by atoms with van der Waals surface area (Å²) in [5.41, 5.74) is 0.569. The summed E-state index contributed by atoms with van der Waals surface area (Å²) in [7, 11) is -2.07. The molecule has 0 aliphatic carbocycles. The lowest BCUT2D eigenvalue weighted by Gasteiger charge is -2.36. The molecule has 2 atom stereocenters. The maximum Gasteiger partial charge on any atom is 0.410 e. The number of rotatable bonds is 7. The Balaban J connectivity index is 1.55. The lowest BCUT2D eigenvalue weighted by molar-refractivity contribution is -0.140. The van der Waals surface area contributed by atoms with E-state index in [0.29, 0.717) is 16.8 Å². The van der Waals surface area contributed by atoms with Crippen molar-refractivity contribution in [3.63, 3.8) is 0 Å². The molecule has 2 heterocycles.